The number of carbonyl (C=O) groups excluding carboxylic acids is 2. The molecule has 0 saturated heterocycles. The Morgan fingerprint density at radius 3 is 2.42 bits per heavy atom. The summed E-state index contributed by atoms with van der Waals surface area (Å²) in [7, 11) is 2.89. The standard InChI is InChI=1S/C31H28ClF3N4O6/c1-42-22-11-8-20(9-12-22)17-39(14-4-7-28(41)43-2)30-25(18-40)29(36-19-37-30)38-21-10-13-27(26(32)15-21)44-23-5-3-6-24(16-23)45-31(33,34)35/h3,5-6,8-13,15-16,18-19H,4,7,14,17H2,1-2H3,(H,36,37,38). The van der Waals surface area contributed by atoms with Crippen molar-refractivity contribution in [1.29, 1.82) is 0 Å². The van der Waals surface area contributed by atoms with Gasteiger partial charge < -0.3 is 29.2 Å². The highest BCUT2D eigenvalue weighted by Gasteiger charge is 2.31. The van der Waals surface area contributed by atoms with Gasteiger partial charge >= 0.3 is 12.3 Å². The van der Waals surface area contributed by atoms with Gasteiger partial charge in [-0.2, -0.15) is 0 Å². The molecule has 1 N–H and O–H groups in total. The first kappa shape index (κ1) is 32.9. The van der Waals surface area contributed by atoms with Gasteiger partial charge in [-0.1, -0.05) is 29.8 Å². The maximum absolute atomic E-state index is 12.6. The topological polar surface area (TPSA) is 112 Å². The third kappa shape index (κ3) is 9.47. The van der Waals surface area contributed by atoms with Crippen LogP contribution < -0.4 is 24.4 Å². The molecule has 14 heteroatoms. The van der Waals surface area contributed by atoms with E-state index < -0.39 is 12.1 Å². The minimum absolute atomic E-state index is 0.0761. The predicted octanol–water partition coefficient (Wildman–Crippen LogP) is 7.35. The number of halogens is 4. The summed E-state index contributed by atoms with van der Waals surface area (Å²) in [6.45, 7) is 0.751. The molecule has 4 rings (SSSR count). The molecule has 0 atom stereocenters. The zero-order valence-corrected chi connectivity index (χ0v) is 24.9. The summed E-state index contributed by atoms with van der Waals surface area (Å²) in [5, 5.41) is 3.20. The van der Waals surface area contributed by atoms with Gasteiger partial charge in [-0.25, -0.2) is 9.97 Å². The van der Waals surface area contributed by atoms with Crippen LogP contribution in [0.3, 0.4) is 0 Å². The van der Waals surface area contributed by atoms with Crippen molar-refractivity contribution >= 4 is 41.2 Å². The number of rotatable bonds is 14. The molecule has 4 aromatic rings. The van der Waals surface area contributed by atoms with Crippen LogP contribution in [-0.2, 0) is 16.1 Å². The van der Waals surface area contributed by atoms with Crippen molar-refractivity contribution in [3.63, 3.8) is 0 Å². The fourth-order valence-corrected chi connectivity index (χ4v) is 4.45. The van der Waals surface area contributed by atoms with Crippen LogP contribution in [0, 0.1) is 0 Å². The quantitative estimate of drug-likeness (QED) is 0.110. The summed E-state index contributed by atoms with van der Waals surface area (Å²) in [5.41, 5.74) is 1.53. The molecule has 236 valence electrons. The van der Waals surface area contributed by atoms with E-state index in [4.69, 9.17) is 25.8 Å². The molecule has 3 aromatic carbocycles. The lowest BCUT2D eigenvalue weighted by Crippen LogP contribution is -2.27. The molecule has 0 bridgehead atoms. The normalized spacial score (nSPS) is 11.0. The highest BCUT2D eigenvalue weighted by Crippen LogP contribution is 2.35. The lowest BCUT2D eigenvalue weighted by atomic mass is 10.1. The van der Waals surface area contributed by atoms with Crippen molar-refractivity contribution in [2.24, 2.45) is 0 Å². The molecule has 0 aliphatic rings. The zero-order chi connectivity index (χ0) is 32.4. The van der Waals surface area contributed by atoms with Gasteiger partial charge in [0.25, 0.3) is 0 Å². The summed E-state index contributed by atoms with van der Waals surface area (Å²) in [6, 6.07) is 17.1. The summed E-state index contributed by atoms with van der Waals surface area (Å²) in [6.07, 6.45) is -2.29. The van der Waals surface area contributed by atoms with Crippen molar-refractivity contribution in [1.82, 2.24) is 9.97 Å². The maximum atomic E-state index is 12.6. The number of carbonyl (C=O) groups is 2. The van der Waals surface area contributed by atoms with Gasteiger partial charge in [-0.15, -0.1) is 13.2 Å². The highest BCUT2D eigenvalue weighted by molar-refractivity contribution is 6.32. The lowest BCUT2D eigenvalue weighted by molar-refractivity contribution is -0.274. The number of anilines is 3. The van der Waals surface area contributed by atoms with Gasteiger partial charge in [-0.05, 0) is 54.4 Å². The number of alkyl halides is 3. The Kier molecular flexibility index (Phi) is 11.0. The maximum Gasteiger partial charge on any atom is 0.573 e. The van der Waals surface area contributed by atoms with Crippen molar-refractivity contribution in [3.8, 4) is 23.0 Å². The Labute approximate surface area is 261 Å². The Morgan fingerprint density at radius 2 is 1.76 bits per heavy atom. The minimum atomic E-state index is -4.85. The number of nitrogens with zero attached hydrogens (tertiary/aromatic N) is 3. The molecule has 0 radical (unpaired) electrons. The number of methoxy groups -OCH3 is 2. The Hall–Kier alpha value is -5.04. The van der Waals surface area contributed by atoms with Crippen molar-refractivity contribution in [2.75, 3.05) is 31.0 Å². The smallest absolute Gasteiger partial charge is 0.497 e. The minimum Gasteiger partial charge on any atom is -0.497 e. The largest absolute Gasteiger partial charge is 0.573 e. The van der Waals surface area contributed by atoms with Crippen LogP contribution >= 0.6 is 11.6 Å². The Bertz CT molecular complexity index is 1620. The van der Waals surface area contributed by atoms with Crippen LogP contribution in [0.15, 0.2) is 73.1 Å². The molecule has 45 heavy (non-hydrogen) atoms. The number of hydrogen-bond acceptors (Lipinski definition) is 10. The molecule has 0 unspecified atom stereocenters. The number of esters is 1. The fraction of sp³-hybridized carbons (Fsp3) is 0.226. The van der Waals surface area contributed by atoms with E-state index in [2.05, 4.69) is 20.0 Å². The average molecular weight is 645 g/mol. The van der Waals surface area contributed by atoms with Crippen LogP contribution in [0.4, 0.5) is 30.5 Å². The van der Waals surface area contributed by atoms with E-state index in [-0.39, 0.29) is 40.3 Å². The Balaban J connectivity index is 1.55. The summed E-state index contributed by atoms with van der Waals surface area (Å²) in [4.78, 5) is 34.6. The number of benzene rings is 3. The van der Waals surface area contributed by atoms with Crippen LogP contribution in [0.1, 0.15) is 28.8 Å². The first-order valence-corrected chi connectivity index (χ1v) is 13.8. The monoisotopic (exact) mass is 644 g/mol. The number of aldehydes is 1. The molecule has 0 spiro atoms. The van der Waals surface area contributed by atoms with Gasteiger partial charge in [-0.3, -0.25) is 9.59 Å². The van der Waals surface area contributed by atoms with Crippen LogP contribution in [0.25, 0.3) is 0 Å². The Morgan fingerprint density at radius 1 is 1.00 bits per heavy atom. The molecule has 0 amide bonds. The van der Waals surface area contributed by atoms with Gasteiger partial charge in [0, 0.05) is 31.3 Å². The van der Waals surface area contributed by atoms with E-state index in [0.29, 0.717) is 43.1 Å². The molecule has 0 saturated carbocycles. The average Bonchev–Trinajstić information content (AvgIpc) is 3.01. The van der Waals surface area contributed by atoms with Crippen LogP contribution in [0.2, 0.25) is 5.02 Å². The molecule has 0 aliphatic heterocycles. The van der Waals surface area contributed by atoms with E-state index in [0.717, 1.165) is 17.7 Å². The zero-order valence-electron chi connectivity index (χ0n) is 24.1. The molecule has 0 aliphatic carbocycles. The van der Waals surface area contributed by atoms with Crippen molar-refractivity contribution < 1.29 is 41.7 Å². The molecule has 10 nitrogen and oxygen atoms in total. The van der Waals surface area contributed by atoms with Gasteiger partial charge in [0.15, 0.2) is 6.29 Å². The summed E-state index contributed by atoms with van der Waals surface area (Å²) in [5.74, 6) is 0.680. The van der Waals surface area contributed by atoms with Crippen molar-refractivity contribution in [2.45, 2.75) is 25.7 Å². The van der Waals surface area contributed by atoms with Crippen LogP contribution in [0.5, 0.6) is 23.0 Å². The second kappa shape index (κ2) is 15.1. The SMILES string of the molecule is COC(=O)CCCN(Cc1ccc(OC)cc1)c1ncnc(Nc2ccc(Oc3cccc(OC(F)(F)F)c3)c(Cl)c2)c1C=O. The van der Waals surface area contributed by atoms with E-state index in [1.807, 2.05) is 29.2 Å². The number of hydrogen-bond donors (Lipinski definition) is 1. The lowest BCUT2D eigenvalue weighted by Gasteiger charge is -2.26. The first-order valence-electron chi connectivity index (χ1n) is 13.4. The van der Waals surface area contributed by atoms with Gasteiger partial charge in [0.05, 0.1) is 24.8 Å². The third-order valence-corrected chi connectivity index (χ3v) is 6.61. The summed E-state index contributed by atoms with van der Waals surface area (Å²) >= 11 is 6.42. The van der Waals surface area contributed by atoms with Crippen LogP contribution in [-0.4, -0.2) is 49.4 Å². The molecule has 1 aromatic heterocycles. The highest BCUT2D eigenvalue weighted by atomic mass is 35.5. The van der Waals surface area contributed by atoms with Crippen molar-refractivity contribution in [3.05, 3.63) is 89.2 Å². The number of ether oxygens (including phenoxy) is 4. The van der Waals surface area contributed by atoms with E-state index in [1.165, 1.54) is 37.7 Å². The van der Waals surface area contributed by atoms with E-state index >= 15 is 0 Å². The second-order valence-corrected chi connectivity index (χ2v) is 9.83. The fourth-order valence-electron chi connectivity index (χ4n) is 4.23. The summed E-state index contributed by atoms with van der Waals surface area (Å²) < 4.78 is 57.3. The molecular formula is C31H28ClF3N4O6. The molecule has 0 fully saturated rings. The molecule has 1 heterocycles. The second-order valence-electron chi connectivity index (χ2n) is 9.42. The number of nitrogens with one attached hydrogen (secondary N) is 1. The van der Waals surface area contributed by atoms with E-state index in [9.17, 15) is 22.8 Å². The number of aromatic nitrogens is 2. The van der Waals surface area contributed by atoms with Gasteiger partial charge in [0.1, 0.15) is 41.0 Å². The molecular weight excluding hydrogens is 617 g/mol. The third-order valence-electron chi connectivity index (χ3n) is 6.31. The van der Waals surface area contributed by atoms with Gasteiger partial charge in [0.2, 0.25) is 0 Å². The first-order chi connectivity index (χ1) is 21.6. The van der Waals surface area contributed by atoms with E-state index in [1.54, 1.807) is 13.2 Å². The predicted molar refractivity (Wildman–Crippen MR) is 161 cm³/mol.